The largest absolute Gasteiger partial charge is 0.352 e. The van der Waals surface area contributed by atoms with Crippen LogP contribution in [0.2, 0.25) is 0 Å². The summed E-state index contributed by atoms with van der Waals surface area (Å²) in [5, 5.41) is 11.4. The molecule has 166 valence electrons. The van der Waals surface area contributed by atoms with E-state index in [9.17, 15) is 13.2 Å². The minimum absolute atomic E-state index is 0.114. The summed E-state index contributed by atoms with van der Waals surface area (Å²) in [6.45, 7) is 3.54. The number of nitrogens with one attached hydrogen (secondary N) is 1. The molecule has 1 N–H and O–H groups in total. The van der Waals surface area contributed by atoms with Crippen molar-refractivity contribution >= 4 is 27.4 Å². The van der Waals surface area contributed by atoms with Crippen LogP contribution in [-0.4, -0.2) is 55.0 Å². The van der Waals surface area contributed by atoms with E-state index in [1.807, 2.05) is 47.4 Å². The van der Waals surface area contributed by atoms with E-state index in [1.54, 1.807) is 19.1 Å². The SMILES string of the molecule is CCC(=O)Nc1ccc(S(=O)(=O)N2CCN(c3ccc(-c4ccccc4)nn3)CC2)cc1. The van der Waals surface area contributed by atoms with Crippen LogP contribution in [0.1, 0.15) is 13.3 Å². The number of carbonyl (C=O) groups excluding carboxylic acids is 1. The van der Waals surface area contributed by atoms with E-state index < -0.39 is 10.0 Å². The summed E-state index contributed by atoms with van der Waals surface area (Å²) in [5.41, 5.74) is 2.38. The summed E-state index contributed by atoms with van der Waals surface area (Å²) in [4.78, 5) is 13.8. The third kappa shape index (κ3) is 4.79. The number of aromatic nitrogens is 2. The fourth-order valence-electron chi connectivity index (χ4n) is 3.52. The van der Waals surface area contributed by atoms with Gasteiger partial charge in [-0.25, -0.2) is 8.42 Å². The van der Waals surface area contributed by atoms with Crippen molar-refractivity contribution in [2.24, 2.45) is 0 Å². The molecule has 1 saturated heterocycles. The smallest absolute Gasteiger partial charge is 0.243 e. The standard InChI is InChI=1S/C23H25N5O3S/c1-2-23(29)24-19-8-10-20(11-9-19)32(30,31)28-16-14-27(15-17-28)22-13-12-21(25-26-22)18-6-4-3-5-7-18/h3-13H,2,14-17H2,1H3,(H,24,29). The number of sulfonamides is 1. The maximum absolute atomic E-state index is 13.0. The van der Waals surface area contributed by atoms with E-state index in [0.29, 0.717) is 38.3 Å². The van der Waals surface area contributed by atoms with Gasteiger partial charge in [0, 0.05) is 43.9 Å². The summed E-state index contributed by atoms with van der Waals surface area (Å²) in [5.74, 6) is 0.620. The Balaban J connectivity index is 1.39. The molecule has 0 bridgehead atoms. The molecule has 8 nitrogen and oxygen atoms in total. The Bertz CT molecular complexity index is 1160. The predicted molar refractivity (Wildman–Crippen MR) is 124 cm³/mol. The molecule has 2 aromatic carbocycles. The van der Waals surface area contributed by atoms with Gasteiger partial charge in [0.2, 0.25) is 15.9 Å². The molecule has 1 aliphatic heterocycles. The highest BCUT2D eigenvalue weighted by atomic mass is 32.2. The molecule has 0 unspecified atom stereocenters. The van der Waals surface area contributed by atoms with Crippen molar-refractivity contribution in [3.63, 3.8) is 0 Å². The van der Waals surface area contributed by atoms with Gasteiger partial charge in [-0.15, -0.1) is 10.2 Å². The van der Waals surface area contributed by atoms with E-state index in [1.165, 1.54) is 16.4 Å². The van der Waals surface area contributed by atoms with Gasteiger partial charge in [0.1, 0.15) is 0 Å². The Morgan fingerprint density at radius 1 is 0.906 bits per heavy atom. The second-order valence-corrected chi connectivity index (χ2v) is 9.40. The third-order valence-electron chi connectivity index (χ3n) is 5.38. The van der Waals surface area contributed by atoms with Crippen LogP contribution in [0, 0.1) is 0 Å². The third-order valence-corrected chi connectivity index (χ3v) is 7.29. The lowest BCUT2D eigenvalue weighted by Crippen LogP contribution is -2.49. The molecule has 0 radical (unpaired) electrons. The van der Waals surface area contributed by atoms with Gasteiger partial charge in [-0.1, -0.05) is 37.3 Å². The van der Waals surface area contributed by atoms with Crippen LogP contribution in [0.4, 0.5) is 11.5 Å². The lowest BCUT2D eigenvalue weighted by Gasteiger charge is -2.34. The predicted octanol–water partition coefficient (Wildman–Crippen LogP) is 3.00. The summed E-state index contributed by atoms with van der Waals surface area (Å²) in [6, 6.07) is 20.0. The quantitative estimate of drug-likeness (QED) is 0.619. The van der Waals surface area contributed by atoms with Gasteiger partial charge in [0.05, 0.1) is 10.6 Å². The fourth-order valence-corrected chi connectivity index (χ4v) is 4.95. The van der Waals surface area contributed by atoms with Crippen molar-refractivity contribution < 1.29 is 13.2 Å². The van der Waals surface area contributed by atoms with Crippen LogP contribution in [0.5, 0.6) is 0 Å². The van der Waals surface area contributed by atoms with Gasteiger partial charge in [0.25, 0.3) is 0 Å². The van der Waals surface area contributed by atoms with Crippen LogP contribution < -0.4 is 10.2 Å². The van der Waals surface area contributed by atoms with E-state index in [4.69, 9.17) is 0 Å². The summed E-state index contributed by atoms with van der Waals surface area (Å²) >= 11 is 0. The van der Waals surface area contributed by atoms with Gasteiger partial charge in [-0.3, -0.25) is 4.79 Å². The molecule has 32 heavy (non-hydrogen) atoms. The highest BCUT2D eigenvalue weighted by Gasteiger charge is 2.29. The Labute approximate surface area is 187 Å². The highest BCUT2D eigenvalue weighted by Crippen LogP contribution is 2.23. The number of benzene rings is 2. The lowest BCUT2D eigenvalue weighted by atomic mass is 10.1. The number of hydrogen-bond donors (Lipinski definition) is 1. The van der Waals surface area contributed by atoms with Crippen molar-refractivity contribution in [2.75, 3.05) is 36.4 Å². The summed E-state index contributed by atoms with van der Waals surface area (Å²) in [6.07, 6.45) is 0.365. The molecule has 1 aliphatic rings. The van der Waals surface area contributed by atoms with Crippen LogP contribution in [-0.2, 0) is 14.8 Å². The molecule has 0 atom stereocenters. The molecule has 0 aliphatic carbocycles. The maximum Gasteiger partial charge on any atom is 0.243 e. The molecular formula is C23H25N5O3S. The van der Waals surface area contributed by atoms with Gasteiger partial charge in [-0.2, -0.15) is 4.31 Å². The first-order valence-electron chi connectivity index (χ1n) is 10.5. The van der Waals surface area contributed by atoms with Gasteiger partial charge in [0.15, 0.2) is 5.82 Å². The molecule has 0 spiro atoms. The zero-order chi connectivity index (χ0) is 22.6. The van der Waals surface area contributed by atoms with E-state index >= 15 is 0 Å². The zero-order valence-electron chi connectivity index (χ0n) is 17.8. The molecule has 1 fully saturated rings. The van der Waals surface area contributed by atoms with Crippen molar-refractivity contribution in [1.82, 2.24) is 14.5 Å². The van der Waals surface area contributed by atoms with Crippen molar-refractivity contribution in [3.05, 3.63) is 66.7 Å². The molecule has 0 saturated carbocycles. The van der Waals surface area contributed by atoms with E-state index in [-0.39, 0.29) is 10.8 Å². The molecule has 1 aromatic heterocycles. The zero-order valence-corrected chi connectivity index (χ0v) is 18.6. The number of amides is 1. The molecule has 2 heterocycles. The van der Waals surface area contributed by atoms with Crippen LogP contribution in [0.3, 0.4) is 0 Å². The number of rotatable bonds is 6. The number of hydrogen-bond acceptors (Lipinski definition) is 6. The first-order valence-corrected chi connectivity index (χ1v) is 12.0. The molecule has 3 aromatic rings. The second kappa shape index (κ2) is 9.46. The first-order chi connectivity index (χ1) is 15.5. The van der Waals surface area contributed by atoms with Crippen molar-refractivity contribution in [1.29, 1.82) is 0 Å². The average molecular weight is 452 g/mol. The van der Waals surface area contributed by atoms with Gasteiger partial charge < -0.3 is 10.2 Å². The van der Waals surface area contributed by atoms with Crippen LogP contribution in [0.15, 0.2) is 71.6 Å². The van der Waals surface area contributed by atoms with Crippen LogP contribution >= 0.6 is 0 Å². The summed E-state index contributed by atoms with van der Waals surface area (Å²) < 4.78 is 27.5. The second-order valence-electron chi connectivity index (χ2n) is 7.46. The number of piperazine rings is 1. The lowest BCUT2D eigenvalue weighted by molar-refractivity contribution is -0.115. The molecular weight excluding hydrogens is 426 g/mol. The maximum atomic E-state index is 13.0. The normalized spacial score (nSPS) is 14.8. The number of carbonyl (C=O) groups is 1. The fraction of sp³-hybridized carbons (Fsp3) is 0.261. The van der Waals surface area contributed by atoms with Gasteiger partial charge >= 0.3 is 0 Å². The summed E-state index contributed by atoms with van der Waals surface area (Å²) in [7, 11) is -3.60. The highest BCUT2D eigenvalue weighted by molar-refractivity contribution is 7.89. The van der Waals surface area contributed by atoms with Crippen molar-refractivity contribution in [3.8, 4) is 11.3 Å². The number of anilines is 2. The molecule has 4 rings (SSSR count). The minimum Gasteiger partial charge on any atom is -0.352 e. The Hall–Kier alpha value is -3.30. The molecule has 9 heteroatoms. The van der Waals surface area contributed by atoms with E-state index in [0.717, 1.165) is 17.1 Å². The minimum atomic E-state index is -3.60. The number of nitrogens with zero attached hydrogens (tertiary/aromatic N) is 4. The van der Waals surface area contributed by atoms with Crippen molar-refractivity contribution in [2.45, 2.75) is 18.2 Å². The average Bonchev–Trinajstić information content (AvgIpc) is 2.85. The van der Waals surface area contributed by atoms with Crippen LogP contribution in [0.25, 0.3) is 11.3 Å². The molecule has 1 amide bonds. The Morgan fingerprint density at radius 2 is 1.59 bits per heavy atom. The monoisotopic (exact) mass is 451 g/mol. The Kier molecular flexibility index (Phi) is 6.48. The van der Waals surface area contributed by atoms with E-state index in [2.05, 4.69) is 15.5 Å². The topological polar surface area (TPSA) is 95.5 Å². The van der Waals surface area contributed by atoms with Gasteiger partial charge in [-0.05, 0) is 36.4 Å². The Morgan fingerprint density at radius 3 is 2.19 bits per heavy atom. The first kappa shape index (κ1) is 21.9.